The Kier molecular flexibility index (Phi) is 6.54. The fourth-order valence-electron chi connectivity index (χ4n) is 9.62. The number of rotatable bonds is 6. The maximum Gasteiger partial charge on any atom is 0.118 e. The lowest BCUT2D eigenvalue weighted by Gasteiger charge is -2.62. The van der Waals surface area contributed by atoms with Crippen molar-refractivity contribution in [3.8, 4) is 5.75 Å². The van der Waals surface area contributed by atoms with E-state index in [4.69, 9.17) is 9.47 Å². The van der Waals surface area contributed by atoms with E-state index in [9.17, 15) is 5.11 Å². The summed E-state index contributed by atoms with van der Waals surface area (Å²) in [5.41, 5.74) is 2.39. The van der Waals surface area contributed by atoms with E-state index in [0.29, 0.717) is 23.9 Å². The van der Waals surface area contributed by atoms with E-state index in [1.54, 1.807) is 12.7 Å². The minimum absolute atomic E-state index is 0.0709. The second kappa shape index (κ2) is 9.43. The molecule has 4 heteroatoms. The Morgan fingerprint density at radius 3 is 2.50 bits per heavy atom. The van der Waals surface area contributed by atoms with Crippen LogP contribution in [0.3, 0.4) is 0 Å². The molecule has 1 aliphatic heterocycles. The number of likely N-dealkylation sites (tertiary alicyclic amines) is 1. The van der Waals surface area contributed by atoms with Gasteiger partial charge in [0.25, 0.3) is 0 Å². The van der Waals surface area contributed by atoms with Crippen molar-refractivity contribution in [1.29, 1.82) is 0 Å². The van der Waals surface area contributed by atoms with E-state index < -0.39 is 5.60 Å². The molecule has 4 nitrogen and oxygen atoms in total. The molecule has 4 fully saturated rings. The SMILES string of the molecule is COc1ccc([C@H]2CC[C@]3(O)[C@@H]4CC=C5CCCC(OCCN6CCCC6)[C@]5(C)[C@H]4CC[C@]23C)cc1. The van der Waals surface area contributed by atoms with Gasteiger partial charge < -0.3 is 19.5 Å². The van der Waals surface area contributed by atoms with Gasteiger partial charge in [-0.05, 0) is 113 Å². The molecule has 198 valence electrons. The first-order chi connectivity index (χ1) is 17.4. The summed E-state index contributed by atoms with van der Waals surface area (Å²) in [7, 11) is 1.73. The van der Waals surface area contributed by atoms with Gasteiger partial charge in [0.15, 0.2) is 0 Å². The molecule has 0 bridgehead atoms. The molecule has 1 aromatic carbocycles. The Bertz CT molecular complexity index is 968. The second-order valence-electron chi connectivity index (χ2n) is 13.0. The van der Waals surface area contributed by atoms with Crippen molar-refractivity contribution in [2.24, 2.45) is 22.7 Å². The number of fused-ring (bicyclic) bond motifs is 5. The van der Waals surface area contributed by atoms with Crippen molar-refractivity contribution in [2.45, 2.75) is 95.7 Å². The normalized spacial score (nSPS) is 42.4. The van der Waals surface area contributed by atoms with Crippen LogP contribution >= 0.6 is 0 Å². The average molecular weight is 494 g/mol. The van der Waals surface area contributed by atoms with Crippen LogP contribution < -0.4 is 4.74 Å². The number of hydrogen-bond acceptors (Lipinski definition) is 4. The minimum Gasteiger partial charge on any atom is -0.497 e. The van der Waals surface area contributed by atoms with E-state index >= 15 is 0 Å². The first kappa shape index (κ1) is 24.9. The monoisotopic (exact) mass is 493 g/mol. The minimum atomic E-state index is -0.608. The van der Waals surface area contributed by atoms with Gasteiger partial charge in [-0.3, -0.25) is 0 Å². The third kappa shape index (κ3) is 3.73. The maximum absolute atomic E-state index is 12.6. The summed E-state index contributed by atoms with van der Waals surface area (Å²) in [6.45, 7) is 9.32. The molecule has 6 rings (SSSR count). The summed E-state index contributed by atoms with van der Waals surface area (Å²) in [5, 5.41) is 12.6. The van der Waals surface area contributed by atoms with E-state index in [-0.39, 0.29) is 10.8 Å². The summed E-state index contributed by atoms with van der Waals surface area (Å²) >= 11 is 0. The molecule has 3 saturated carbocycles. The van der Waals surface area contributed by atoms with Crippen LogP contribution in [0.1, 0.15) is 89.5 Å². The Morgan fingerprint density at radius 1 is 0.972 bits per heavy atom. The third-order valence-electron chi connectivity index (χ3n) is 11.8. The van der Waals surface area contributed by atoms with Gasteiger partial charge in [0.1, 0.15) is 5.75 Å². The third-order valence-corrected chi connectivity index (χ3v) is 11.8. The van der Waals surface area contributed by atoms with E-state index in [2.05, 4.69) is 49.1 Å². The number of allylic oxidation sites excluding steroid dienone is 1. The van der Waals surface area contributed by atoms with Gasteiger partial charge in [-0.1, -0.05) is 37.6 Å². The van der Waals surface area contributed by atoms with E-state index in [1.165, 1.54) is 57.2 Å². The number of nitrogens with zero attached hydrogens (tertiary/aromatic N) is 1. The summed E-state index contributed by atoms with van der Waals surface area (Å²) < 4.78 is 12.2. The fourth-order valence-corrected chi connectivity index (χ4v) is 9.62. The van der Waals surface area contributed by atoms with Gasteiger partial charge in [-0.2, -0.15) is 0 Å². The Hall–Kier alpha value is -1.36. The Labute approximate surface area is 218 Å². The molecule has 1 N–H and O–H groups in total. The molecular formula is C32H47NO3. The van der Waals surface area contributed by atoms with Crippen molar-refractivity contribution < 1.29 is 14.6 Å². The average Bonchev–Trinajstić information content (AvgIpc) is 3.50. The first-order valence-corrected chi connectivity index (χ1v) is 14.8. The molecular weight excluding hydrogens is 446 g/mol. The summed E-state index contributed by atoms with van der Waals surface area (Å²) in [6, 6.07) is 8.64. The maximum atomic E-state index is 12.6. The van der Waals surface area contributed by atoms with Crippen LogP contribution in [0.2, 0.25) is 0 Å². The van der Waals surface area contributed by atoms with Crippen LogP contribution in [-0.4, -0.2) is 55.1 Å². The van der Waals surface area contributed by atoms with Crippen LogP contribution in [0.5, 0.6) is 5.75 Å². The molecule has 1 heterocycles. The van der Waals surface area contributed by atoms with Crippen LogP contribution in [0.15, 0.2) is 35.9 Å². The lowest BCUT2D eigenvalue weighted by molar-refractivity contribution is -0.189. The highest BCUT2D eigenvalue weighted by atomic mass is 16.5. The smallest absolute Gasteiger partial charge is 0.118 e. The Morgan fingerprint density at radius 2 is 1.75 bits per heavy atom. The van der Waals surface area contributed by atoms with Crippen molar-refractivity contribution in [3.63, 3.8) is 0 Å². The van der Waals surface area contributed by atoms with Gasteiger partial charge in [0.05, 0.1) is 25.4 Å². The standard InChI is InChI=1S/C32H47NO3/c1-30-17-15-27-28(32(30,34)18-16-26(30)23-9-12-25(35-3)13-10-23)14-11-24-7-6-8-29(31(24,27)2)36-22-21-33-19-4-5-20-33/h9-13,26-29,34H,4-8,14-22H2,1-3H3/t26-,27+,28-,29?,30-,31+,32+/m1/s1. The molecule has 7 atom stereocenters. The van der Waals surface area contributed by atoms with Crippen LogP contribution in [0.25, 0.3) is 0 Å². The van der Waals surface area contributed by atoms with Gasteiger partial charge in [-0.15, -0.1) is 0 Å². The highest BCUT2D eigenvalue weighted by molar-refractivity contribution is 5.35. The van der Waals surface area contributed by atoms with Gasteiger partial charge >= 0.3 is 0 Å². The highest BCUT2D eigenvalue weighted by Crippen LogP contribution is 2.69. The summed E-state index contributed by atoms with van der Waals surface area (Å²) in [4.78, 5) is 2.57. The van der Waals surface area contributed by atoms with E-state index in [0.717, 1.165) is 44.6 Å². The number of methoxy groups -OCH3 is 1. The number of benzene rings is 1. The lowest BCUT2D eigenvalue weighted by Crippen LogP contribution is -2.62. The van der Waals surface area contributed by atoms with Crippen LogP contribution in [0.4, 0.5) is 0 Å². The first-order valence-electron chi connectivity index (χ1n) is 14.8. The summed E-state index contributed by atoms with van der Waals surface area (Å²) in [5.74, 6) is 2.16. The molecule has 36 heavy (non-hydrogen) atoms. The van der Waals surface area contributed by atoms with Crippen molar-refractivity contribution in [2.75, 3.05) is 33.4 Å². The van der Waals surface area contributed by atoms with Crippen molar-refractivity contribution >= 4 is 0 Å². The fraction of sp³-hybridized carbons (Fsp3) is 0.750. The van der Waals surface area contributed by atoms with Gasteiger partial charge in [-0.25, -0.2) is 0 Å². The number of hydrogen-bond donors (Lipinski definition) is 1. The molecule has 0 spiro atoms. The Balaban J connectivity index is 1.25. The predicted octanol–water partition coefficient (Wildman–Crippen LogP) is 6.34. The lowest BCUT2D eigenvalue weighted by atomic mass is 9.45. The highest BCUT2D eigenvalue weighted by Gasteiger charge is 2.67. The number of aliphatic hydroxyl groups is 1. The predicted molar refractivity (Wildman–Crippen MR) is 144 cm³/mol. The zero-order chi connectivity index (χ0) is 25.0. The van der Waals surface area contributed by atoms with Crippen molar-refractivity contribution in [3.05, 3.63) is 41.5 Å². The van der Waals surface area contributed by atoms with E-state index in [1.807, 2.05) is 0 Å². The zero-order valence-electron chi connectivity index (χ0n) is 22.8. The van der Waals surface area contributed by atoms with Crippen LogP contribution in [0, 0.1) is 22.7 Å². The van der Waals surface area contributed by atoms with Crippen LogP contribution in [-0.2, 0) is 4.74 Å². The zero-order valence-corrected chi connectivity index (χ0v) is 22.8. The summed E-state index contributed by atoms with van der Waals surface area (Å²) in [6.07, 6.45) is 14.5. The molecule has 4 aliphatic carbocycles. The quantitative estimate of drug-likeness (QED) is 0.470. The van der Waals surface area contributed by atoms with Crippen molar-refractivity contribution in [1.82, 2.24) is 4.90 Å². The molecule has 1 aromatic rings. The molecule has 0 radical (unpaired) electrons. The molecule has 0 aromatic heterocycles. The molecule has 1 unspecified atom stereocenters. The topological polar surface area (TPSA) is 41.9 Å². The number of ether oxygens (including phenoxy) is 2. The molecule has 0 amide bonds. The van der Waals surface area contributed by atoms with Gasteiger partial charge in [0.2, 0.25) is 0 Å². The molecule has 5 aliphatic rings. The molecule has 1 saturated heterocycles. The largest absolute Gasteiger partial charge is 0.497 e. The van der Waals surface area contributed by atoms with Gasteiger partial charge in [0, 0.05) is 17.4 Å². The second-order valence-corrected chi connectivity index (χ2v) is 13.0.